The Morgan fingerprint density at radius 2 is 1.60 bits per heavy atom. The molecule has 0 atom stereocenters. The van der Waals surface area contributed by atoms with Crippen molar-refractivity contribution >= 4 is 16.9 Å². The third-order valence-corrected chi connectivity index (χ3v) is 6.95. The van der Waals surface area contributed by atoms with Gasteiger partial charge in [-0.2, -0.15) is 0 Å². The maximum atomic E-state index is 12.7. The molecule has 1 N–H and O–H groups in total. The number of hydrogen-bond donors (Lipinski definition) is 1. The lowest BCUT2D eigenvalue weighted by Gasteiger charge is -2.13. The molecule has 1 aromatic heterocycles. The first-order valence-electron chi connectivity index (χ1n) is 13.9. The van der Waals surface area contributed by atoms with Gasteiger partial charge in [0.1, 0.15) is 11.6 Å². The largest absolute Gasteiger partial charge is 0.493 e. The van der Waals surface area contributed by atoms with Gasteiger partial charge in [-0.1, -0.05) is 91.0 Å². The number of hydrogen-bond acceptors (Lipinski definition) is 3. The molecule has 0 saturated heterocycles. The fourth-order valence-corrected chi connectivity index (χ4v) is 4.95. The van der Waals surface area contributed by atoms with Crippen LogP contribution < -0.4 is 10.1 Å². The second kappa shape index (κ2) is 13.4. The standard InChI is InChI=1S/C35H35N3O2/c1-2-11-30-14-6-9-17-33(30)40-25-10-24-38-32-16-8-7-15-31(32)37-34(38)22-23-36-35(39)26-27-18-20-29(21-19-27)28-12-4-3-5-13-28/h2-9,12-21H,1,10-11,22-26H2,(H,36,39). The van der Waals surface area contributed by atoms with Crippen molar-refractivity contribution in [2.75, 3.05) is 13.2 Å². The lowest BCUT2D eigenvalue weighted by molar-refractivity contribution is -0.120. The molecule has 4 aromatic carbocycles. The molecular weight excluding hydrogens is 494 g/mol. The molecule has 5 aromatic rings. The molecule has 0 aliphatic heterocycles. The summed E-state index contributed by atoms with van der Waals surface area (Å²) in [6.45, 7) is 5.78. The number of nitrogens with one attached hydrogen (secondary N) is 1. The molecular formula is C35H35N3O2. The summed E-state index contributed by atoms with van der Waals surface area (Å²) < 4.78 is 8.36. The SMILES string of the molecule is C=CCc1ccccc1OCCCn1c(CCNC(=O)Cc2ccc(-c3ccccc3)cc2)nc2ccccc21. The number of para-hydroxylation sites is 3. The van der Waals surface area contributed by atoms with Crippen molar-refractivity contribution in [2.45, 2.75) is 32.2 Å². The van der Waals surface area contributed by atoms with E-state index in [-0.39, 0.29) is 5.91 Å². The average Bonchev–Trinajstić information content (AvgIpc) is 3.34. The molecule has 0 saturated carbocycles. The first-order valence-corrected chi connectivity index (χ1v) is 13.9. The summed E-state index contributed by atoms with van der Waals surface area (Å²) in [6.07, 6.45) is 4.55. The van der Waals surface area contributed by atoms with Crippen molar-refractivity contribution in [3.8, 4) is 16.9 Å². The number of carbonyl (C=O) groups is 1. The van der Waals surface area contributed by atoms with Gasteiger partial charge < -0.3 is 14.6 Å². The molecule has 1 heterocycles. The molecule has 5 heteroatoms. The number of ether oxygens (including phenoxy) is 1. The fraction of sp³-hybridized carbons (Fsp3) is 0.200. The highest BCUT2D eigenvalue weighted by molar-refractivity contribution is 5.79. The summed E-state index contributed by atoms with van der Waals surface area (Å²) >= 11 is 0. The molecule has 5 nitrogen and oxygen atoms in total. The van der Waals surface area contributed by atoms with Crippen LogP contribution >= 0.6 is 0 Å². The molecule has 0 bridgehead atoms. The number of carbonyl (C=O) groups excluding carboxylic acids is 1. The number of nitrogens with zero attached hydrogens (tertiary/aromatic N) is 2. The summed E-state index contributed by atoms with van der Waals surface area (Å²) in [6, 6.07) is 34.7. The average molecular weight is 530 g/mol. The van der Waals surface area contributed by atoms with E-state index in [0.29, 0.717) is 26.0 Å². The van der Waals surface area contributed by atoms with Gasteiger partial charge in [0.2, 0.25) is 5.91 Å². The quantitative estimate of drug-likeness (QED) is 0.135. The van der Waals surface area contributed by atoms with Crippen LogP contribution in [-0.4, -0.2) is 28.6 Å². The van der Waals surface area contributed by atoms with Gasteiger partial charge in [-0.15, -0.1) is 6.58 Å². The van der Waals surface area contributed by atoms with Crippen molar-refractivity contribution in [1.29, 1.82) is 0 Å². The Morgan fingerprint density at radius 1 is 0.875 bits per heavy atom. The molecule has 0 fully saturated rings. The van der Waals surface area contributed by atoms with Crippen molar-refractivity contribution < 1.29 is 9.53 Å². The number of allylic oxidation sites excluding steroid dienone is 1. The number of aromatic nitrogens is 2. The summed E-state index contributed by atoms with van der Waals surface area (Å²) in [5, 5.41) is 3.08. The molecule has 5 rings (SSSR count). The summed E-state index contributed by atoms with van der Waals surface area (Å²) in [5.41, 5.74) is 6.54. The Labute approximate surface area is 236 Å². The van der Waals surface area contributed by atoms with E-state index in [2.05, 4.69) is 52.9 Å². The normalized spacial score (nSPS) is 10.9. The van der Waals surface area contributed by atoms with E-state index >= 15 is 0 Å². The summed E-state index contributed by atoms with van der Waals surface area (Å²) in [5.74, 6) is 1.90. The molecule has 202 valence electrons. The topological polar surface area (TPSA) is 56.1 Å². The minimum Gasteiger partial charge on any atom is -0.493 e. The van der Waals surface area contributed by atoms with Gasteiger partial charge in [0.15, 0.2) is 0 Å². The van der Waals surface area contributed by atoms with Crippen LogP contribution in [0.4, 0.5) is 0 Å². The molecule has 0 aliphatic rings. The van der Waals surface area contributed by atoms with Crippen LogP contribution in [0, 0.1) is 0 Å². The van der Waals surface area contributed by atoms with Crippen LogP contribution in [0.5, 0.6) is 5.75 Å². The summed E-state index contributed by atoms with van der Waals surface area (Å²) in [4.78, 5) is 17.5. The van der Waals surface area contributed by atoms with E-state index in [4.69, 9.17) is 9.72 Å². The van der Waals surface area contributed by atoms with Crippen LogP contribution in [0.3, 0.4) is 0 Å². The monoisotopic (exact) mass is 529 g/mol. The predicted octanol–water partition coefficient (Wildman–Crippen LogP) is 6.80. The molecule has 0 spiro atoms. The number of amides is 1. The maximum Gasteiger partial charge on any atom is 0.224 e. The van der Waals surface area contributed by atoms with Crippen molar-refractivity contribution in [3.63, 3.8) is 0 Å². The number of aryl methyl sites for hydroxylation is 1. The lowest BCUT2D eigenvalue weighted by atomic mass is 10.0. The van der Waals surface area contributed by atoms with Crippen LogP contribution in [0.2, 0.25) is 0 Å². The summed E-state index contributed by atoms with van der Waals surface area (Å²) in [7, 11) is 0. The van der Waals surface area contributed by atoms with E-state index in [0.717, 1.165) is 58.7 Å². The molecule has 0 unspecified atom stereocenters. The highest BCUT2D eigenvalue weighted by Gasteiger charge is 2.12. The Morgan fingerprint density at radius 3 is 2.42 bits per heavy atom. The number of imidazole rings is 1. The second-order valence-electron chi connectivity index (χ2n) is 9.81. The zero-order valence-electron chi connectivity index (χ0n) is 22.8. The minimum atomic E-state index is 0.0155. The zero-order chi connectivity index (χ0) is 27.6. The van der Waals surface area contributed by atoms with Crippen molar-refractivity contribution in [3.05, 3.63) is 133 Å². The molecule has 40 heavy (non-hydrogen) atoms. The van der Waals surface area contributed by atoms with E-state index in [1.165, 1.54) is 5.56 Å². The van der Waals surface area contributed by atoms with E-state index in [1.54, 1.807) is 0 Å². The number of benzene rings is 4. The Kier molecular flexibility index (Phi) is 9.05. The van der Waals surface area contributed by atoms with Gasteiger partial charge in [-0.25, -0.2) is 4.98 Å². The third-order valence-electron chi connectivity index (χ3n) is 6.95. The first kappa shape index (κ1) is 26.9. The number of fused-ring (bicyclic) bond motifs is 1. The van der Waals surface area contributed by atoms with Crippen LogP contribution in [0.15, 0.2) is 116 Å². The first-order chi connectivity index (χ1) is 19.7. The highest BCUT2D eigenvalue weighted by atomic mass is 16.5. The predicted molar refractivity (Wildman–Crippen MR) is 162 cm³/mol. The second-order valence-corrected chi connectivity index (χ2v) is 9.81. The van der Waals surface area contributed by atoms with E-state index in [1.807, 2.05) is 72.8 Å². The molecule has 0 aliphatic carbocycles. The van der Waals surface area contributed by atoms with Gasteiger partial charge >= 0.3 is 0 Å². The highest BCUT2D eigenvalue weighted by Crippen LogP contribution is 2.21. The van der Waals surface area contributed by atoms with E-state index in [9.17, 15) is 4.79 Å². The van der Waals surface area contributed by atoms with Crippen LogP contribution in [0.25, 0.3) is 22.2 Å². The van der Waals surface area contributed by atoms with Gasteiger partial charge in [0.25, 0.3) is 0 Å². The Hall–Kier alpha value is -4.64. The lowest BCUT2D eigenvalue weighted by Crippen LogP contribution is -2.28. The molecule has 1 amide bonds. The Balaban J connectivity index is 1.15. The van der Waals surface area contributed by atoms with Crippen molar-refractivity contribution in [1.82, 2.24) is 14.9 Å². The third kappa shape index (κ3) is 6.86. The van der Waals surface area contributed by atoms with Crippen molar-refractivity contribution in [2.24, 2.45) is 0 Å². The van der Waals surface area contributed by atoms with Gasteiger partial charge in [0, 0.05) is 19.5 Å². The van der Waals surface area contributed by atoms with Gasteiger partial charge in [-0.05, 0) is 53.3 Å². The van der Waals surface area contributed by atoms with Crippen LogP contribution in [-0.2, 0) is 30.6 Å². The van der Waals surface area contributed by atoms with Crippen LogP contribution in [0.1, 0.15) is 23.4 Å². The van der Waals surface area contributed by atoms with Gasteiger partial charge in [0.05, 0.1) is 24.1 Å². The fourth-order valence-electron chi connectivity index (χ4n) is 4.95. The minimum absolute atomic E-state index is 0.0155. The number of rotatable bonds is 13. The van der Waals surface area contributed by atoms with E-state index < -0.39 is 0 Å². The molecule has 0 radical (unpaired) electrons. The Bertz CT molecular complexity index is 1560. The van der Waals surface area contributed by atoms with Gasteiger partial charge in [-0.3, -0.25) is 4.79 Å². The smallest absolute Gasteiger partial charge is 0.224 e. The maximum absolute atomic E-state index is 12.7. The zero-order valence-corrected chi connectivity index (χ0v) is 22.8.